The van der Waals surface area contributed by atoms with Gasteiger partial charge in [-0.15, -0.1) is 0 Å². The van der Waals surface area contributed by atoms with Crippen LogP contribution < -0.4 is 5.32 Å². The summed E-state index contributed by atoms with van der Waals surface area (Å²) in [5.41, 5.74) is 4.86. The van der Waals surface area contributed by atoms with Crippen LogP contribution in [0.4, 0.5) is 0 Å². The average molecular weight is 488 g/mol. The number of rotatable bonds is 6. The molecule has 1 atom stereocenters. The van der Waals surface area contributed by atoms with Gasteiger partial charge in [0, 0.05) is 31.5 Å². The molecule has 1 amide bonds. The Morgan fingerprint density at radius 2 is 1.74 bits per heavy atom. The Balaban J connectivity index is 1.56. The minimum Gasteiger partial charge on any atom is -0.344 e. The molecule has 1 aliphatic rings. The standard InChI is InChI=1S/C28H29N3O3S/c1-30(2)35(33,34)23-15-16-26-22(17-23)18-27(31(26)19-20-9-4-3-5-10-20)28(32)29-25-14-8-12-21-11-6-7-13-24(21)25/h3-7,9-11,13,15-18,25H,8,12,14,19H2,1-2H3,(H,29,32)/t25-/m0/s1. The zero-order valence-electron chi connectivity index (χ0n) is 19.9. The van der Waals surface area contributed by atoms with Gasteiger partial charge in [0.25, 0.3) is 5.91 Å². The molecule has 0 spiro atoms. The van der Waals surface area contributed by atoms with Gasteiger partial charge in [0.2, 0.25) is 10.0 Å². The highest BCUT2D eigenvalue weighted by atomic mass is 32.2. The van der Waals surface area contributed by atoms with Gasteiger partial charge in [-0.2, -0.15) is 0 Å². The number of hydrogen-bond acceptors (Lipinski definition) is 3. The topological polar surface area (TPSA) is 71.4 Å². The normalized spacial score (nSPS) is 15.8. The van der Waals surface area contributed by atoms with Crippen LogP contribution >= 0.6 is 0 Å². The lowest BCUT2D eigenvalue weighted by molar-refractivity contribution is 0.0924. The van der Waals surface area contributed by atoms with Crippen molar-refractivity contribution in [2.75, 3.05) is 14.1 Å². The zero-order chi connectivity index (χ0) is 24.6. The van der Waals surface area contributed by atoms with Crippen molar-refractivity contribution in [2.24, 2.45) is 0 Å². The lowest BCUT2D eigenvalue weighted by atomic mass is 9.87. The minimum atomic E-state index is -3.58. The highest BCUT2D eigenvalue weighted by Crippen LogP contribution is 2.31. The largest absolute Gasteiger partial charge is 0.344 e. The molecule has 1 aliphatic carbocycles. The zero-order valence-corrected chi connectivity index (χ0v) is 20.8. The highest BCUT2D eigenvalue weighted by Gasteiger charge is 2.25. The van der Waals surface area contributed by atoms with E-state index >= 15 is 0 Å². The van der Waals surface area contributed by atoms with Crippen molar-refractivity contribution in [3.05, 3.63) is 101 Å². The average Bonchev–Trinajstić information content (AvgIpc) is 3.22. The Labute approximate surface area is 206 Å². The van der Waals surface area contributed by atoms with Crippen molar-refractivity contribution in [1.29, 1.82) is 0 Å². The number of sulfonamides is 1. The molecule has 1 N–H and O–H groups in total. The van der Waals surface area contributed by atoms with E-state index in [1.165, 1.54) is 29.5 Å². The van der Waals surface area contributed by atoms with Gasteiger partial charge in [0.15, 0.2) is 0 Å². The summed E-state index contributed by atoms with van der Waals surface area (Å²) in [5, 5.41) is 3.98. The van der Waals surface area contributed by atoms with Crippen molar-refractivity contribution < 1.29 is 13.2 Å². The lowest BCUT2D eigenvalue weighted by Crippen LogP contribution is -2.32. The molecular formula is C28H29N3O3S. The number of hydrogen-bond donors (Lipinski definition) is 1. The second-order valence-corrected chi connectivity index (χ2v) is 11.4. The lowest BCUT2D eigenvalue weighted by Gasteiger charge is -2.26. The van der Waals surface area contributed by atoms with Gasteiger partial charge in [-0.05, 0) is 60.2 Å². The van der Waals surface area contributed by atoms with Crippen molar-refractivity contribution in [3.8, 4) is 0 Å². The van der Waals surface area contributed by atoms with E-state index in [1.807, 2.05) is 47.0 Å². The van der Waals surface area contributed by atoms with Crippen molar-refractivity contribution in [3.63, 3.8) is 0 Å². The summed E-state index contributed by atoms with van der Waals surface area (Å²) in [6, 6.07) is 25.1. The highest BCUT2D eigenvalue weighted by molar-refractivity contribution is 7.89. The van der Waals surface area contributed by atoms with E-state index in [-0.39, 0.29) is 16.8 Å². The van der Waals surface area contributed by atoms with Crippen LogP contribution in [0.3, 0.4) is 0 Å². The minimum absolute atomic E-state index is 0.0414. The number of nitrogens with one attached hydrogen (secondary N) is 1. The monoisotopic (exact) mass is 487 g/mol. The fourth-order valence-electron chi connectivity index (χ4n) is 4.88. The van der Waals surface area contributed by atoms with Crippen LogP contribution in [0.2, 0.25) is 0 Å². The van der Waals surface area contributed by atoms with E-state index in [0.29, 0.717) is 12.2 Å². The molecule has 3 aromatic carbocycles. The van der Waals surface area contributed by atoms with E-state index in [0.717, 1.165) is 35.7 Å². The van der Waals surface area contributed by atoms with Crippen LogP contribution in [0.25, 0.3) is 10.9 Å². The van der Waals surface area contributed by atoms with Crippen LogP contribution in [0, 0.1) is 0 Å². The fourth-order valence-corrected chi connectivity index (χ4v) is 5.82. The molecule has 5 rings (SSSR count). The molecule has 0 radical (unpaired) electrons. The van der Waals surface area contributed by atoms with Gasteiger partial charge >= 0.3 is 0 Å². The number of nitrogens with zero attached hydrogens (tertiary/aromatic N) is 2. The predicted octanol–water partition coefficient (Wildman–Crippen LogP) is 4.75. The maximum atomic E-state index is 13.6. The molecule has 7 heteroatoms. The molecule has 0 fully saturated rings. The third-order valence-electron chi connectivity index (χ3n) is 6.74. The summed E-state index contributed by atoms with van der Waals surface area (Å²) < 4.78 is 28.6. The SMILES string of the molecule is CN(C)S(=O)(=O)c1ccc2c(c1)cc(C(=O)N[C@H]1CCCc3ccccc31)n2Cc1ccccc1. The molecule has 180 valence electrons. The first-order valence-corrected chi connectivity index (χ1v) is 13.3. The molecule has 0 aliphatic heterocycles. The Hall–Kier alpha value is -3.42. The third-order valence-corrected chi connectivity index (χ3v) is 8.55. The molecule has 1 heterocycles. The van der Waals surface area contributed by atoms with Crippen LogP contribution in [0.5, 0.6) is 0 Å². The Morgan fingerprint density at radius 1 is 1.00 bits per heavy atom. The first-order chi connectivity index (χ1) is 16.8. The molecule has 0 unspecified atom stereocenters. The van der Waals surface area contributed by atoms with Crippen molar-refractivity contribution in [1.82, 2.24) is 14.2 Å². The number of aromatic nitrogens is 1. The Kier molecular flexibility index (Phi) is 6.21. The van der Waals surface area contributed by atoms with Gasteiger partial charge in [-0.3, -0.25) is 4.79 Å². The second-order valence-electron chi connectivity index (χ2n) is 9.23. The summed E-state index contributed by atoms with van der Waals surface area (Å²) in [6.07, 6.45) is 2.95. The first kappa shape index (κ1) is 23.3. The number of carbonyl (C=O) groups is 1. The van der Waals surface area contributed by atoms with Crippen molar-refractivity contribution >= 4 is 26.8 Å². The Morgan fingerprint density at radius 3 is 2.51 bits per heavy atom. The van der Waals surface area contributed by atoms with Gasteiger partial charge in [0.1, 0.15) is 5.69 Å². The van der Waals surface area contributed by atoms with E-state index in [2.05, 4.69) is 17.4 Å². The number of aryl methyl sites for hydroxylation is 1. The van der Waals surface area contributed by atoms with E-state index in [4.69, 9.17) is 0 Å². The molecule has 4 aromatic rings. The first-order valence-electron chi connectivity index (χ1n) is 11.8. The summed E-state index contributed by atoms with van der Waals surface area (Å²) >= 11 is 0. The van der Waals surface area contributed by atoms with Crippen LogP contribution in [-0.4, -0.2) is 37.3 Å². The van der Waals surface area contributed by atoms with Gasteiger partial charge < -0.3 is 9.88 Å². The van der Waals surface area contributed by atoms with E-state index < -0.39 is 10.0 Å². The smallest absolute Gasteiger partial charge is 0.268 e. The van der Waals surface area contributed by atoms with Gasteiger partial charge in [-0.1, -0.05) is 54.6 Å². The van der Waals surface area contributed by atoms with Crippen LogP contribution in [0.1, 0.15) is 46.1 Å². The summed E-state index contributed by atoms with van der Waals surface area (Å²) in [4.78, 5) is 13.8. The summed E-state index contributed by atoms with van der Waals surface area (Å²) in [5.74, 6) is -0.157. The number of amides is 1. The molecule has 35 heavy (non-hydrogen) atoms. The van der Waals surface area contributed by atoms with Crippen LogP contribution in [-0.2, 0) is 23.0 Å². The molecule has 0 saturated carbocycles. The summed E-state index contributed by atoms with van der Waals surface area (Å²) in [7, 11) is -0.554. The Bertz CT molecular complexity index is 1490. The second kappa shape index (κ2) is 9.32. The maximum absolute atomic E-state index is 13.6. The van der Waals surface area contributed by atoms with Gasteiger partial charge in [0.05, 0.1) is 10.9 Å². The molecule has 0 saturated heterocycles. The molecule has 0 bridgehead atoms. The fraction of sp³-hybridized carbons (Fsp3) is 0.250. The van der Waals surface area contributed by atoms with E-state index in [1.54, 1.807) is 24.3 Å². The number of fused-ring (bicyclic) bond motifs is 2. The number of carbonyl (C=O) groups excluding carboxylic acids is 1. The third kappa shape index (κ3) is 4.49. The molecular weight excluding hydrogens is 458 g/mol. The summed E-state index contributed by atoms with van der Waals surface area (Å²) in [6.45, 7) is 0.508. The van der Waals surface area contributed by atoms with Crippen molar-refractivity contribution in [2.45, 2.75) is 36.7 Å². The predicted molar refractivity (Wildman–Crippen MR) is 138 cm³/mol. The van der Waals surface area contributed by atoms with E-state index in [9.17, 15) is 13.2 Å². The molecule has 1 aromatic heterocycles. The molecule has 6 nitrogen and oxygen atoms in total. The number of benzene rings is 3. The quantitative estimate of drug-likeness (QED) is 0.427. The van der Waals surface area contributed by atoms with Crippen LogP contribution in [0.15, 0.2) is 83.8 Å². The maximum Gasteiger partial charge on any atom is 0.268 e. The van der Waals surface area contributed by atoms with Gasteiger partial charge in [-0.25, -0.2) is 12.7 Å².